The predicted octanol–water partition coefficient (Wildman–Crippen LogP) is 2.10. The summed E-state index contributed by atoms with van der Waals surface area (Å²) in [6.07, 6.45) is 0.625. The maximum absolute atomic E-state index is 11.9. The number of piperidine rings is 1. The lowest BCUT2D eigenvalue weighted by Gasteiger charge is -2.32. The smallest absolute Gasteiger partial charge is 0.227 e. The summed E-state index contributed by atoms with van der Waals surface area (Å²) in [7, 11) is 0. The molecule has 1 aromatic rings. The summed E-state index contributed by atoms with van der Waals surface area (Å²) in [4.78, 5) is 13.7. The molecule has 0 saturated carbocycles. The van der Waals surface area contributed by atoms with Crippen LogP contribution in [0, 0.1) is 20.8 Å². The number of carbonyl (C=O) groups is 1. The molecule has 92 valence electrons. The number of hydrogen-bond donors (Lipinski definition) is 1. The number of carbonyl (C=O) groups excluding carboxylic acids is 1. The van der Waals surface area contributed by atoms with Crippen molar-refractivity contribution in [2.45, 2.75) is 39.7 Å². The summed E-state index contributed by atoms with van der Waals surface area (Å²) in [5.74, 6) is 0.116. The first-order chi connectivity index (χ1) is 7.99. The summed E-state index contributed by atoms with van der Waals surface area (Å²) in [6, 6.07) is 4.16. The van der Waals surface area contributed by atoms with E-state index in [0.29, 0.717) is 19.4 Å². The highest BCUT2D eigenvalue weighted by molar-refractivity contribution is 5.95. The highest BCUT2D eigenvalue weighted by Crippen LogP contribution is 2.29. The Morgan fingerprint density at radius 3 is 2.41 bits per heavy atom. The van der Waals surface area contributed by atoms with Crippen molar-refractivity contribution < 1.29 is 9.90 Å². The Morgan fingerprint density at radius 1 is 1.24 bits per heavy atom. The van der Waals surface area contributed by atoms with E-state index >= 15 is 0 Å². The first kappa shape index (κ1) is 12.1. The SMILES string of the molecule is Cc1cc(C)c(N2CC(O)CCC2=O)c(C)c1. The molecule has 0 aliphatic carbocycles. The summed E-state index contributed by atoms with van der Waals surface area (Å²) in [5, 5.41) is 9.70. The number of rotatable bonds is 1. The van der Waals surface area contributed by atoms with Crippen molar-refractivity contribution in [3.63, 3.8) is 0 Å². The maximum Gasteiger partial charge on any atom is 0.227 e. The van der Waals surface area contributed by atoms with Crippen molar-refractivity contribution in [2.24, 2.45) is 0 Å². The van der Waals surface area contributed by atoms with Gasteiger partial charge in [0.2, 0.25) is 5.91 Å². The van der Waals surface area contributed by atoms with Crippen LogP contribution in [0.4, 0.5) is 5.69 Å². The van der Waals surface area contributed by atoms with Crippen molar-refractivity contribution >= 4 is 11.6 Å². The molecule has 0 aromatic heterocycles. The molecule has 1 atom stereocenters. The second-order valence-electron chi connectivity index (χ2n) is 4.94. The third kappa shape index (κ3) is 2.34. The monoisotopic (exact) mass is 233 g/mol. The van der Waals surface area contributed by atoms with Crippen LogP contribution in [-0.4, -0.2) is 23.7 Å². The van der Waals surface area contributed by atoms with E-state index < -0.39 is 6.10 Å². The van der Waals surface area contributed by atoms with Crippen molar-refractivity contribution in [2.75, 3.05) is 11.4 Å². The third-order valence-corrected chi connectivity index (χ3v) is 3.29. The fraction of sp³-hybridized carbons (Fsp3) is 0.500. The lowest BCUT2D eigenvalue weighted by atomic mass is 10.0. The quantitative estimate of drug-likeness (QED) is 0.807. The molecule has 1 amide bonds. The van der Waals surface area contributed by atoms with E-state index in [1.165, 1.54) is 5.56 Å². The number of aliphatic hydroxyl groups is 1. The molecule has 1 unspecified atom stereocenters. The largest absolute Gasteiger partial charge is 0.391 e. The van der Waals surface area contributed by atoms with Gasteiger partial charge in [-0.05, 0) is 38.3 Å². The Balaban J connectivity index is 2.42. The molecule has 1 fully saturated rings. The van der Waals surface area contributed by atoms with Gasteiger partial charge in [-0.25, -0.2) is 0 Å². The normalized spacial score (nSPS) is 20.8. The van der Waals surface area contributed by atoms with Gasteiger partial charge in [-0.3, -0.25) is 4.79 Å². The summed E-state index contributed by atoms with van der Waals surface area (Å²) >= 11 is 0. The Kier molecular flexibility index (Phi) is 3.20. The summed E-state index contributed by atoms with van der Waals surface area (Å²) in [5.41, 5.74) is 4.38. The van der Waals surface area contributed by atoms with Gasteiger partial charge in [0.05, 0.1) is 12.6 Å². The van der Waals surface area contributed by atoms with E-state index in [-0.39, 0.29) is 5.91 Å². The van der Waals surface area contributed by atoms with Gasteiger partial charge >= 0.3 is 0 Å². The second-order valence-corrected chi connectivity index (χ2v) is 4.94. The highest BCUT2D eigenvalue weighted by Gasteiger charge is 2.27. The van der Waals surface area contributed by atoms with Crippen molar-refractivity contribution in [1.82, 2.24) is 0 Å². The minimum Gasteiger partial charge on any atom is -0.391 e. The first-order valence-corrected chi connectivity index (χ1v) is 6.05. The van der Waals surface area contributed by atoms with Gasteiger partial charge in [0.1, 0.15) is 0 Å². The van der Waals surface area contributed by atoms with E-state index in [1.807, 2.05) is 13.8 Å². The van der Waals surface area contributed by atoms with Gasteiger partial charge < -0.3 is 10.0 Å². The molecule has 1 aliphatic heterocycles. The zero-order chi connectivity index (χ0) is 12.6. The molecule has 0 radical (unpaired) electrons. The molecule has 0 spiro atoms. The number of aryl methyl sites for hydroxylation is 3. The molecule has 17 heavy (non-hydrogen) atoms. The van der Waals surface area contributed by atoms with Gasteiger partial charge in [0.25, 0.3) is 0 Å². The van der Waals surface area contributed by atoms with E-state index in [9.17, 15) is 9.90 Å². The zero-order valence-corrected chi connectivity index (χ0v) is 10.7. The topological polar surface area (TPSA) is 40.5 Å². The Morgan fingerprint density at radius 2 is 1.82 bits per heavy atom. The van der Waals surface area contributed by atoms with E-state index in [4.69, 9.17) is 0 Å². The van der Waals surface area contributed by atoms with E-state index in [0.717, 1.165) is 16.8 Å². The van der Waals surface area contributed by atoms with Gasteiger partial charge in [0.15, 0.2) is 0 Å². The van der Waals surface area contributed by atoms with Crippen LogP contribution >= 0.6 is 0 Å². The van der Waals surface area contributed by atoms with Gasteiger partial charge in [0, 0.05) is 12.1 Å². The molecule has 2 rings (SSSR count). The summed E-state index contributed by atoms with van der Waals surface area (Å²) in [6.45, 7) is 6.51. The average Bonchev–Trinajstić information content (AvgIpc) is 2.21. The minimum absolute atomic E-state index is 0.116. The van der Waals surface area contributed by atoms with E-state index in [1.54, 1.807) is 4.90 Å². The van der Waals surface area contributed by atoms with Gasteiger partial charge in [-0.15, -0.1) is 0 Å². The van der Waals surface area contributed by atoms with Crippen LogP contribution in [0.3, 0.4) is 0 Å². The summed E-state index contributed by atoms with van der Waals surface area (Å²) < 4.78 is 0. The Bertz CT molecular complexity index is 431. The minimum atomic E-state index is -0.396. The Labute approximate surface area is 102 Å². The van der Waals surface area contributed by atoms with Crippen LogP contribution in [0.25, 0.3) is 0 Å². The first-order valence-electron chi connectivity index (χ1n) is 6.05. The highest BCUT2D eigenvalue weighted by atomic mass is 16.3. The molecular weight excluding hydrogens is 214 g/mol. The number of benzene rings is 1. The van der Waals surface area contributed by atoms with Crippen LogP contribution in [0.15, 0.2) is 12.1 Å². The molecule has 1 saturated heterocycles. The number of amides is 1. The Hall–Kier alpha value is -1.35. The molecule has 3 heteroatoms. The fourth-order valence-corrected chi connectivity index (χ4v) is 2.64. The standard InChI is InChI=1S/C14H19NO2/c1-9-6-10(2)14(11(3)7-9)15-8-12(16)4-5-13(15)17/h6-7,12,16H,4-5,8H2,1-3H3. The van der Waals surface area contributed by atoms with Crippen LogP contribution in [0.5, 0.6) is 0 Å². The second kappa shape index (κ2) is 4.49. The van der Waals surface area contributed by atoms with Crippen LogP contribution in [0.1, 0.15) is 29.5 Å². The van der Waals surface area contributed by atoms with Gasteiger partial charge in [-0.1, -0.05) is 17.7 Å². The average molecular weight is 233 g/mol. The fourth-order valence-electron chi connectivity index (χ4n) is 2.64. The zero-order valence-electron chi connectivity index (χ0n) is 10.7. The van der Waals surface area contributed by atoms with Crippen molar-refractivity contribution in [3.05, 3.63) is 28.8 Å². The maximum atomic E-state index is 11.9. The molecule has 1 aliphatic rings. The number of hydrogen-bond acceptors (Lipinski definition) is 2. The lowest BCUT2D eigenvalue weighted by molar-refractivity contribution is -0.121. The van der Waals surface area contributed by atoms with Crippen molar-refractivity contribution in [3.8, 4) is 0 Å². The van der Waals surface area contributed by atoms with Gasteiger partial charge in [-0.2, -0.15) is 0 Å². The lowest BCUT2D eigenvalue weighted by Crippen LogP contribution is -2.43. The number of anilines is 1. The molecule has 1 heterocycles. The van der Waals surface area contributed by atoms with Crippen molar-refractivity contribution in [1.29, 1.82) is 0 Å². The van der Waals surface area contributed by atoms with Crippen LogP contribution < -0.4 is 4.90 Å². The third-order valence-electron chi connectivity index (χ3n) is 3.29. The van der Waals surface area contributed by atoms with Crippen LogP contribution in [-0.2, 0) is 4.79 Å². The molecule has 1 aromatic carbocycles. The predicted molar refractivity (Wildman–Crippen MR) is 68.2 cm³/mol. The number of aliphatic hydroxyl groups excluding tert-OH is 1. The number of β-amino-alcohol motifs (C(OH)–C–C–N with tert-alkyl or cyclic N) is 1. The number of nitrogens with zero attached hydrogens (tertiary/aromatic N) is 1. The van der Waals surface area contributed by atoms with E-state index in [2.05, 4.69) is 19.1 Å². The molecular formula is C14H19NO2. The molecule has 3 nitrogen and oxygen atoms in total. The molecule has 1 N–H and O–H groups in total. The molecule has 0 bridgehead atoms. The van der Waals surface area contributed by atoms with Crippen LogP contribution in [0.2, 0.25) is 0 Å².